The summed E-state index contributed by atoms with van der Waals surface area (Å²) in [6, 6.07) is 0.641. The van der Waals surface area contributed by atoms with Crippen LogP contribution < -0.4 is 5.32 Å². The average Bonchev–Trinajstić information content (AvgIpc) is 2.30. The van der Waals surface area contributed by atoms with Gasteiger partial charge < -0.3 is 28.8 Å². The topological polar surface area (TPSA) is 80.2 Å². The van der Waals surface area contributed by atoms with Crippen molar-refractivity contribution >= 4 is 8.80 Å². The van der Waals surface area contributed by atoms with Gasteiger partial charge in [-0.25, -0.2) is 0 Å². The van der Waals surface area contributed by atoms with Gasteiger partial charge in [0.05, 0.1) is 0 Å². The highest BCUT2D eigenvalue weighted by Crippen LogP contribution is 2.14. The van der Waals surface area contributed by atoms with Gasteiger partial charge in [0.2, 0.25) is 5.88 Å². The normalized spacial score (nSPS) is 12.9. The first-order valence-electron chi connectivity index (χ1n) is 4.56. The Morgan fingerprint density at radius 3 is 2.20 bits per heavy atom. The number of nitrogens with one attached hydrogen (secondary N) is 1. The highest BCUT2D eigenvalue weighted by molar-refractivity contribution is 6.60. The van der Waals surface area contributed by atoms with E-state index in [0.717, 1.165) is 0 Å². The molecule has 0 aromatic heterocycles. The molecule has 0 radical (unpaired) electrons. The Balaban J connectivity index is 3.81. The second-order valence-corrected chi connectivity index (χ2v) is 5.93. The molecule has 0 aliphatic rings. The smallest absolute Gasteiger partial charge is 0.500 e. The van der Waals surface area contributed by atoms with Crippen LogP contribution in [-0.2, 0) is 13.3 Å². The summed E-state index contributed by atoms with van der Waals surface area (Å²) in [6.07, 6.45) is 1.31. The molecule has 0 rings (SSSR count). The van der Waals surface area contributed by atoms with Gasteiger partial charge in [0, 0.05) is 33.9 Å². The summed E-state index contributed by atoms with van der Waals surface area (Å²) < 4.78 is 15.6. The van der Waals surface area contributed by atoms with Crippen LogP contribution in [-0.4, -0.2) is 46.9 Å². The van der Waals surface area contributed by atoms with Crippen LogP contribution in [0.3, 0.4) is 0 Å². The standard InChI is InChI=1S/C8H19NO5Si/c1-12-15(13-2,14-3)6-4-5-9-8(11)7-10/h7,9-11H,4-6H2,1-3H3/b8-7-. The van der Waals surface area contributed by atoms with Crippen LogP contribution in [0.5, 0.6) is 0 Å². The van der Waals surface area contributed by atoms with Crippen molar-refractivity contribution in [2.75, 3.05) is 27.9 Å². The number of hydrogen-bond acceptors (Lipinski definition) is 6. The van der Waals surface area contributed by atoms with Gasteiger partial charge >= 0.3 is 8.80 Å². The monoisotopic (exact) mass is 237 g/mol. The zero-order valence-corrected chi connectivity index (χ0v) is 10.3. The van der Waals surface area contributed by atoms with Gasteiger partial charge in [-0.1, -0.05) is 0 Å². The van der Waals surface area contributed by atoms with E-state index in [4.69, 9.17) is 23.5 Å². The van der Waals surface area contributed by atoms with Crippen molar-refractivity contribution < 1.29 is 23.5 Å². The third kappa shape index (κ3) is 5.03. The fourth-order valence-electron chi connectivity index (χ4n) is 1.12. The molecule has 3 N–H and O–H groups in total. The Labute approximate surface area is 90.8 Å². The number of hydrogen-bond donors (Lipinski definition) is 3. The summed E-state index contributed by atoms with van der Waals surface area (Å²) in [6.45, 7) is 0.508. The summed E-state index contributed by atoms with van der Waals surface area (Å²) in [5, 5.41) is 19.9. The fraction of sp³-hybridized carbons (Fsp3) is 0.750. The lowest BCUT2D eigenvalue weighted by Gasteiger charge is -2.24. The molecule has 15 heavy (non-hydrogen) atoms. The third-order valence-corrected chi connectivity index (χ3v) is 4.85. The molecule has 0 bridgehead atoms. The van der Waals surface area contributed by atoms with Crippen LogP contribution in [0.15, 0.2) is 12.1 Å². The second-order valence-electron chi connectivity index (χ2n) is 2.84. The average molecular weight is 237 g/mol. The van der Waals surface area contributed by atoms with E-state index in [9.17, 15) is 0 Å². The summed E-state index contributed by atoms with van der Waals surface area (Å²) >= 11 is 0. The first-order chi connectivity index (χ1) is 7.14. The highest BCUT2D eigenvalue weighted by Gasteiger charge is 2.36. The van der Waals surface area contributed by atoms with Crippen LogP contribution in [0, 0.1) is 0 Å². The Bertz CT molecular complexity index is 187. The lowest BCUT2D eigenvalue weighted by Crippen LogP contribution is -2.43. The van der Waals surface area contributed by atoms with Gasteiger partial charge in [0.15, 0.2) is 0 Å². The number of aliphatic hydroxyl groups excluding tert-OH is 2. The summed E-state index contributed by atoms with van der Waals surface area (Å²) in [4.78, 5) is 0. The first kappa shape index (κ1) is 14.2. The quantitative estimate of drug-likeness (QED) is 0.328. The first-order valence-corrected chi connectivity index (χ1v) is 6.50. The van der Waals surface area contributed by atoms with E-state index in [0.29, 0.717) is 25.3 Å². The van der Waals surface area contributed by atoms with Crippen molar-refractivity contribution in [3.8, 4) is 0 Å². The zero-order chi connectivity index (χ0) is 11.7. The van der Waals surface area contributed by atoms with Crippen LogP contribution >= 0.6 is 0 Å². The molecule has 0 fully saturated rings. The maximum Gasteiger partial charge on any atom is 0.500 e. The molecule has 0 aromatic carbocycles. The molecule has 7 heteroatoms. The van der Waals surface area contributed by atoms with Crippen LogP contribution in [0.25, 0.3) is 0 Å². The predicted octanol–water partition coefficient (Wildman–Crippen LogP) is 0.759. The van der Waals surface area contributed by atoms with Gasteiger partial charge in [-0.15, -0.1) is 0 Å². The van der Waals surface area contributed by atoms with Gasteiger partial charge in [-0.2, -0.15) is 0 Å². The SMILES string of the molecule is CO[Si](CCCN/C(O)=C/O)(OC)OC. The zero-order valence-electron chi connectivity index (χ0n) is 9.32. The van der Waals surface area contributed by atoms with Crippen LogP contribution in [0.4, 0.5) is 0 Å². The van der Waals surface area contributed by atoms with Gasteiger partial charge in [-0.3, -0.25) is 0 Å². The largest absolute Gasteiger partial charge is 0.510 e. The molecular weight excluding hydrogens is 218 g/mol. The van der Waals surface area contributed by atoms with E-state index in [2.05, 4.69) is 5.32 Å². The van der Waals surface area contributed by atoms with Crippen molar-refractivity contribution in [1.29, 1.82) is 0 Å². The molecule has 0 saturated carbocycles. The molecule has 90 valence electrons. The van der Waals surface area contributed by atoms with E-state index in [1.54, 1.807) is 21.3 Å². The lowest BCUT2D eigenvalue weighted by atomic mass is 10.5. The van der Waals surface area contributed by atoms with E-state index in [1.807, 2.05) is 0 Å². The van der Waals surface area contributed by atoms with E-state index >= 15 is 0 Å². The molecule has 0 unspecified atom stereocenters. The Morgan fingerprint density at radius 1 is 1.27 bits per heavy atom. The Kier molecular flexibility index (Phi) is 7.14. The van der Waals surface area contributed by atoms with Crippen LogP contribution in [0.2, 0.25) is 6.04 Å². The Morgan fingerprint density at radius 2 is 1.80 bits per heavy atom. The van der Waals surface area contributed by atoms with E-state index in [1.165, 1.54) is 0 Å². The molecule has 0 aliphatic heterocycles. The van der Waals surface area contributed by atoms with Crippen molar-refractivity contribution in [1.82, 2.24) is 5.32 Å². The minimum absolute atomic E-state index is 0.255. The van der Waals surface area contributed by atoms with E-state index < -0.39 is 8.80 Å². The fourth-order valence-corrected chi connectivity index (χ4v) is 2.85. The minimum atomic E-state index is -2.50. The van der Waals surface area contributed by atoms with Crippen molar-refractivity contribution in [2.24, 2.45) is 0 Å². The van der Waals surface area contributed by atoms with Gasteiger partial charge in [0.1, 0.15) is 6.26 Å². The Hall–Kier alpha value is -0.763. The summed E-state index contributed by atoms with van der Waals surface area (Å²) in [7, 11) is 2.16. The molecule has 6 nitrogen and oxygen atoms in total. The number of aliphatic hydroxyl groups is 2. The number of rotatable bonds is 8. The van der Waals surface area contributed by atoms with E-state index in [-0.39, 0.29) is 5.88 Å². The van der Waals surface area contributed by atoms with Gasteiger partial charge in [-0.05, 0) is 6.42 Å². The second kappa shape index (κ2) is 7.52. The molecular formula is C8H19NO5Si. The maximum absolute atomic E-state index is 8.88. The van der Waals surface area contributed by atoms with Crippen molar-refractivity contribution in [3.05, 3.63) is 12.1 Å². The molecule has 0 atom stereocenters. The maximum atomic E-state index is 8.88. The predicted molar refractivity (Wildman–Crippen MR) is 57.5 cm³/mol. The minimum Gasteiger partial charge on any atom is -0.510 e. The third-order valence-electron chi connectivity index (χ3n) is 2.02. The highest BCUT2D eigenvalue weighted by atomic mass is 28.4. The molecule has 0 aliphatic carbocycles. The lowest BCUT2D eigenvalue weighted by molar-refractivity contribution is 0.123. The van der Waals surface area contributed by atoms with Crippen LogP contribution in [0.1, 0.15) is 6.42 Å². The van der Waals surface area contributed by atoms with Gasteiger partial charge in [0.25, 0.3) is 0 Å². The molecule has 0 saturated heterocycles. The van der Waals surface area contributed by atoms with Crippen molar-refractivity contribution in [3.63, 3.8) is 0 Å². The molecule has 0 spiro atoms. The molecule has 0 aromatic rings. The van der Waals surface area contributed by atoms with Crippen molar-refractivity contribution in [2.45, 2.75) is 12.5 Å². The molecule has 0 amide bonds. The summed E-state index contributed by atoms with van der Waals surface area (Å²) in [5.74, 6) is -0.255. The summed E-state index contributed by atoms with van der Waals surface area (Å²) in [5.41, 5.74) is 0. The molecule has 0 heterocycles.